The van der Waals surface area contributed by atoms with Crippen molar-refractivity contribution in [1.82, 2.24) is 9.13 Å². The molecule has 1 N–H and O–H groups in total. The van der Waals surface area contributed by atoms with Crippen molar-refractivity contribution in [2.75, 3.05) is 0 Å². The number of aryl methyl sites for hydroxylation is 2. The third-order valence-corrected chi connectivity index (χ3v) is 6.09. The molecular formula is C17H24N2O2. The van der Waals surface area contributed by atoms with Gasteiger partial charge in [0.2, 0.25) is 0 Å². The van der Waals surface area contributed by atoms with Crippen LogP contribution in [0.4, 0.5) is 0 Å². The molecule has 0 amide bonds. The molecule has 0 radical (unpaired) electrons. The van der Waals surface area contributed by atoms with Crippen LogP contribution in [0.2, 0.25) is 0 Å². The highest BCUT2D eigenvalue weighted by Crippen LogP contribution is 2.72. The lowest BCUT2D eigenvalue weighted by atomic mass is 9.99. The van der Waals surface area contributed by atoms with Crippen LogP contribution in [0.3, 0.4) is 0 Å². The number of nitrogens with zero attached hydrogens (tertiary/aromatic N) is 2. The van der Waals surface area contributed by atoms with E-state index >= 15 is 0 Å². The molecule has 0 bridgehead atoms. The van der Waals surface area contributed by atoms with E-state index in [1.807, 2.05) is 18.2 Å². The normalized spacial score (nSPS) is 21.7. The van der Waals surface area contributed by atoms with Crippen molar-refractivity contribution >= 4 is 11.0 Å². The summed E-state index contributed by atoms with van der Waals surface area (Å²) in [6.45, 7) is 8.82. The molecule has 2 aromatic rings. The lowest BCUT2D eigenvalue weighted by Crippen LogP contribution is -2.19. The molecule has 4 heteroatoms. The topological polar surface area (TPSA) is 47.2 Å². The van der Waals surface area contributed by atoms with Gasteiger partial charge in [0.15, 0.2) is 0 Å². The summed E-state index contributed by atoms with van der Waals surface area (Å²) in [5.41, 5.74) is 2.88. The summed E-state index contributed by atoms with van der Waals surface area (Å²) < 4.78 is 3.27. The molecule has 1 saturated carbocycles. The van der Waals surface area contributed by atoms with Gasteiger partial charge in [-0.2, -0.15) is 0 Å². The monoisotopic (exact) mass is 288 g/mol. The van der Waals surface area contributed by atoms with Gasteiger partial charge in [-0.1, -0.05) is 33.8 Å². The number of hydrogen-bond donors (Lipinski definition) is 1. The maximum absolute atomic E-state index is 12.0. The third kappa shape index (κ3) is 1.68. The van der Waals surface area contributed by atoms with Crippen LogP contribution in [0.5, 0.6) is 0 Å². The summed E-state index contributed by atoms with van der Waals surface area (Å²) in [7, 11) is 3.54. The Morgan fingerprint density at radius 2 is 1.57 bits per heavy atom. The first-order chi connectivity index (χ1) is 9.60. The molecule has 0 aliphatic heterocycles. The van der Waals surface area contributed by atoms with E-state index in [0.29, 0.717) is 0 Å². The van der Waals surface area contributed by atoms with Crippen molar-refractivity contribution in [3.63, 3.8) is 0 Å². The standard InChI is InChI=1S/C17H24N2O2/c1-16(2)14(17(16,3)4)13(20)10-7-8-11-12(9-10)19(6)15(21)18(11)5/h7-9,13-14,20H,1-6H3. The van der Waals surface area contributed by atoms with Gasteiger partial charge in [-0.25, -0.2) is 4.79 Å². The number of aliphatic hydroxyl groups is 1. The zero-order chi connectivity index (χ0) is 15.7. The summed E-state index contributed by atoms with van der Waals surface area (Å²) in [5, 5.41) is 10.8. The molecule has 1 fully saturated rings. The number of aliphatic hydroxyl groups excluding tert-OH is 1. The lowest BCUT2D eigenvalue weighted by Gasteiger charge is -2.13. The maximum Gasteiger partial charge on any atom is 0.328 e. The Morgan fingerprint density at radius 1 is 1.05 bits per heavy atom. The van der Waals surface area contributed by atoms with Gasteiger partial charge in [-0.05, 0) is 28.5 Å². The van der Waals surface area contributed by atoms with Gasteiger partial charge in [0.05, 0.1) is 17.1 Å². The minimum absolute atomic E-state index is 0.0382. The molecule has 1 aromatic heterocycles. The van der Waals surface area contributed by atoms with E-state index in [9.17, 15) is 9.90 Å². The molecule has 1 unspecified atom stereocenters. The number of aromatic nitrogens is 2. The summed E-state index contributed by atoms with van der Waals surface area (Å²) in [6, 6.07) is 5.82. The molecule has 21 heavy (non-hydrogen) atoms. The molecule has 1 aliphatic rings. The highest BCUT2D eigenvalue weighted by Gasteiger charge is 2.67. The van der Waals surface area contributed by atoms with Crippen LogP contribution < -0.4 is 5.69 Å². The first kappa shape index (κ1) is 14.4. The quantitative estimate of drug-likeness (QED) is 0.923. The molecular weight excluding hydrogens is 264 g/mol. The number of hydrogen-bond acceptors (Lipinski definition) is 2. The smallest absolute Gasteiger partial charge is 0.328 e. The minimum atomic E-state index is -0.491. The van der Waals surface area contributed by atoms with E-state index in [0.717, 1.165) is 16.6 Å². The summed E-state index contributed by atoms with van der Waals surface area (Å²) in [4.78, 5) is 12.0. The van der Waals surface area contributed by atoms with Crippen LogP contribution in [0.1, 0.15) is 39.4 Å². The molecule has 4 nitrogen and oxygen atoms in total. The van der Waals surface area contributed by atoms with Crippen LogP contribution >= 0.6 is 0 Å². The number of fused-ring (bicyclic) bond motifs is 1. The van der Waals surface area contributed by atoms with Crippen molar-refractivity contribution in [3.8, 4) is 0 Å². The minimum Gasteiger partial charge on any atom is -0.388 e. The van der Waals surface area contributed by atoms with Gasteiger partial charge < -0.3 is 5.11 Å². The zero-order valence-corrected chi connectivity index (χ0v) is 13.6. The van der Waals surface area contributed by atoms with E-state index in [2.05, 4.69) is 27.7 Å². The van der Waals surface area contributed by atoms with Crippen LogP contribution in [-0.4, -0.2) is 14.2 Å². The van der Waals surface area contributed by atoms with Crippen molar-refractivity contribution < 1.29 is 5.11 Å². The van der Waals surface area contributed by atoms with Gasteiger partial charge in [-0.3, -0.25) is 9.13 Å². The molecule has 1 aromatic carbocycles. The van der Waals surface area contributed by atoms with E-state index < -0.39 is 6.10 Å². The second-order valence-corrected chi connectivity index (χ2v) is 7.51. The fourth-order valence-corrected chi connectivity index (χ4v) is 3.94. The zero-order valence-electron chi connectivity index (χ0n) is 13.6. The van der Waals surface area contributed by atoms with Crippen LogP contribution in [0, 0.1) is 16.7 Å². The Labute approximate surface area is 125 Å². The largest absolute Gasteiger partial charge is 0.388 e. The van der Waals surface area contributed by atoms with E-state index in [4.69, 9.17) is 0 Å². The van der Waals surface area contributed by atoms with E-state index in [1.54, 1.807) is 23.2 Å². The van der Waals surface area contributed by atoms with Crippen molar-refractivity contribution in [1.29, 1.82) is 0 Å². The van der Waals surface area contributed by atoms with Crippen LogP contribution in [-0.2, 0) is 14.1 Å². The first-order valence-corrected chi connectivity index (χ1v) is 7.44. The van der Waals surface area contributed by atoms with Crippen LogP contribution in [0.25, 0.3) is 11.0 Å². The van der Waals surface area contributed by atoms with E-state index in [-0.39, 0.29) is 22.4 Å². The third-order valence-electron chi connectivity index (χ3n) is 6.09. The first-order valence-electron chi connectivity index (χ1n) is 7.44. The number of rotatable bonds is 2. The Hall–Kier alpha value is -1.55. The summed E-state index contributed by atoms with van der Waals surface area (Å²) in [5.74, 6) is 0.239. The Kier molecular flexibility index (Phi) is 2.74. The molecule has 114 valence electrons. The fraction of sp³-hybridized carbons (Fsp3) is 0.588. The predicted molar refractivity (Wildman–Crippen MR) is 84.2 cm³/mol. The van der Waals surface area contributed by atoms with Crippen molar-refractivity contribution in [2.45, 2.75) is 33.8 Å². The molecule has 1 heterocycles. The molecule has 0 spiro atoms. The molecule has 0 saturated heterocycles. The highest BCUT2D eigenvalue weighted by molar-refractivity contribution is 5.77. The maximum atomic E-state index is 12.0. The highest BCUT2D eigenvalue weighted by atomic mass is 16.3. The summed E-state index contributed by atoms with van der Waals surface area (Å²) >= 11 is 0. The van der Waals surface area contributed by atoms with Gasteiger partial charge >= 0.3 is 5.69 Å². The predicted octanol–water partition coefficient (Wildman–Crippen LogP) is 2.59. The molecule has 1 aliphatic carbocycles. The van der Waals surface area contributed by atoms with Gasteiger partial charge in [0.1, 0.15) is 0 Å². The van der Waals surface area contributed by atoms with Gasteiger partial charge in [-0.15, -0.1) is 0 Å². The second-order valence-electron chi connectivity index (χ2n) is 7.51. The second kappa shape index (κ2) is 4.01. The molecule has 1 atom stereocenters. The van der Waals surface area contributed by atoms with Crippen molar-refractivity contribution in [3.05, 3.63) is 34.2 Å². The van der Waals surface area contributed by atoms with Crippen LogP contribution in [0.15, 0.2) is 23.0 Å². The number of imidazole rings is 1. The lowest BCUT2D eigenvalue weighted by molar-refractivity contribution is 0.131. The Bertz CT molecular complexity index is 766. The summed E-state index contributed by atoms with van der Waals surface area (Å²) in [6.07, 6.45) is -0.491. The SMILES string of the molecule is Cn1c(=O)n(C)c2cc(C(O)C3C(C)(C)C3(C)C)ccc21. The Balaban J connectivity index is 2.07. The van der Waals surface area contributed by atoms with Gasteiger partial charge in [0, 0.05) is 20.0 Å². The van der Waals surface area contributed by atoms with Gasteiger partial charge in [0.25, 0.3) is 0 Å². The average molecular weight is 288 g/mol. The average Bonchev–Trinajstić information content (AvgIpc) is 2.73. The number of benzene rings is 1. The molecule has 3 rings (SSSR count). The fourth-order valence-electron chi connectivity index (χ4n) is 3.94. The van der Waals surface area contributed by atoms with Crippen molar-refractivity contribution in [2.24, 2.45) is 30.8 Å². The van der Waals surface area contributed by atoms with E-state index in [1.165, 1.54) is 0 Å². The Morgan fingerprint density at radius 3 is 2.10 bits per heavy atom.